The van der Waals surface area contributed by atoms with Gasteiger partial charge in [0.2, 0.25) is 17.6 Å². The number of hydrogen-bond acceptors (Lipinski definition) is 6. The van der Waals surface area contributed by atoms with Crippen LogP contribution in [0.4, 0.5) is 0 Å². The van der Waals surface area contributed by atoms with Gasteiger partial charge in [0.15, 0.2) is 0 Å². The first-order valence-electron chi connectivity index (χ1n) is 6.89. The SMILES string of the molecule is COc1ccccc1-c1noc(C(C)NC(=O)C(C)(C)N)n1. The van der Waals surface area contributed by atoms with E-state index in [1.165, 1.54) is 0 Å². The topological polar surface area (TPSA) is 103 Å². The molecule has 2 aromatic rings. The van der Waals surface area contributed by atoms with Gasteiger partial charge in [0, 0.05) is 0 Å². The van der Waals surface area contributed by atoms with Crippen molar-refractivity contribution >= 4 is 5.91 Å². The largest absolute Gasteiger partial charge is 0.496 e. The standard InChI is InChI=1S/C15H20N4O3/c1-9(17-14(20)15(2,3)16)13-18-12(19-22-13)10-7-5-6-8-11(10)21-4/h5-9H,16H2,1-4H3,(H,17,20). The first-order valence-corrected chi connectivity index (χ1v) is 6.89. The van der Waals surface area contributed by atoms with E-state index in [1.54, 1.807) is 27.9 Å². The zero-order chi connectivity index (χ0) is 16.3. The molecule has 0 saturated carbocycles. The Morgan fingerprint density at radius 2 is 2.09 bits per heavy atom. The summed E-state index contributed by atoms with van der Waals surface area (Å²) in [6.07, 6.45) is 0. The van der Waals surface area contributed by atoms with E-state index in [1.807, 2.05) is 24.3 Å². The summed E-state index contributed by atoms with van der Waals surface area (Å²) in [6, 6.07) is 6.92. The lowest BCUT2D eigenvalue weighted by atomic mass is 10.1. The molecule has 0 saturated heterocycles. The Bertz CT molecular complexity index is 661. The monoisotopic (exact) mass is 304 g/mol. The fraction of sp³-hybridized carbons (Fsp3) is 0.400. The van der Waals surface area contributed by atoms with Crippen molar-refractivity contribution in [2.24, 2.45) is 5.73 Å². The molecule has 0 spiro atoms. The second kappa shape index (κ2) is 6.15. The number of rotatable bonds is 5. The van der Waals surface area contributed by atoms with Crippen LogP contribution >= 0.6 is 0 Å². The molecule has 7 heteroatoms. The van der Waals surface area contributed by atoms with E-state index in [0.29, 0.717) is 17.5 Å². The van der Waals surface area contributed by atoms with Crippen LogP contribution in [0.2, 0.25) is 0 Å². The van der Waals surface area contributed by atoms with Crippen LogP contribution in [0.25, 0.3) is 11.4 Å². The number of nitrogens with one attached hydrogen (secondary N) is 1. The van der Waals surface area contributed by atoms with E-state index in [0.717, 1.165) is 5.56 Å². The molecule has 0 bridgehead atoms. The zero-order valence-electron chi connectivity index (χ0n) is 13.1. The molecule has 0 aliphatic rings. The Kier molecular flexibility index (Phi) is 4.46. The van der Waals surface area contributed by atoms with Crippen molar-refractivity contribution in [1.82, 2.24) is 15.5 Å². The third kappa shape index (κ3) is 3.43. The number of carbonyl (C=O) groups excluding carboxylic acids is 1. The molecule has 0 aliphatic heterocycles. The maximum Gasteiger partial charge on any atom is 0.249 e. The number of methoxy groups -OCH3 is 1. The van der Waals surface area contributed by atoms with E-state index < -0.39 is 11.6 Å². The summed E-state index contributed by atoms with van der Waals surface area (Å²) in [5, 5.41) is 6.68. The van der Waals surface area contributed by atoms with Crippen molar-refractivity contribution in [2.45, 2.75) is 32.4 Å². The quantitative estimate of drug-likeness (QED) is 0.870. The Balaban J connectivity index is 2.19. The van der Waals surface area contributed by atoms with Crippen LogP contribution in [0.1, 0.15) is 32.7 Å². The molecule has 0 fully saturated rings. The minimum atomic E-state index is -0.972. The fourth-order valence-corrected chi connectivity index (χ4v) is 1.79. The second-order valence-corrected chi connectivity index (χ2v) is 5.57. The molecule has 1 heterocycles. The van der Waals surface area contributed by atoms with E-state index >= 15 is 0 Å². The van der Waals surface area contributed by atoms with Gasteiger partial charge in [-0.3, -0.25) is 4.79 Å². The lowest BCUT2D eigenvalue weighted by Gasteiger charge is -2.19. The molecule has 2 rings (SSSR count). The Morgan fingerprint density at radius 3 is 2.73 bits per heavy atom. The van der Waals surface area contributed by atoms with Gasteiger partial charge in [-0.15, -0.1) is 0 Å². The van der Waals surface area contributed by atoms with Gasteiger partial charge in [0.05, 0.1) is 18.2 Å². The summed E-state index contributed by atoms with van der Waals surface area (Å²) in [5.74, 6) is 1.06. The molecule has 7 nitrogen and oxygen atoms in total. The molecular weight excluding hydrogens is 284 g/mol. The van der Waals surface area contributed by atoms with Crippen molar-refractivity contribution in [3.8, 4) is 17.1 Å². The number of hydrogen-bond donors (Lipinski definition) is 2. The number of benzene rings is 1. The second-order valence-electron chi connectivity index (χ2n) is 5.57. The van der Waals surface area contributed by atoms with Crippen LogP contribution in [0.15, 0.2) is 28.8 Å². The number of aromatic nitrogens is 2. The van der Waals surface area contributed by atoms with Crippen molar-refractivity contribution < 1.29 is 14.1 Å². The van der Waals surface area contributed by atoms with Gasteiger partial charge in [-0.1, -0.05) is 17.3 Å². The molecular formula is C15H20N4O3. The minimum absolute atomic E-state index is 0.294. The summed E-state index contributed by atoms with van der Waals surface area (Å²) in [5.41, 5.74) is 5.49. The van der Waals surface area contributed by atoms with E-state index in [2.05, 4.69) is 15.5 Å². The van der Waals surface area contributed by atoms with Gasteiger partial charge in [0.1, 0.15) is 11.8 Å². The molecule has 0 aliphatic carbocycles. The number of nitrogens with two attached hydrogens (primary N) is 1. The summed E-state index contributed by atoms with van der Waals surface area (Å²) in [6.45, 7) is 5.01. The van der Waals surface area contributed by atoms with Crippen LogP contribution < -0.4 is 15.8 Å². The molecule has 1 atom stereocenters. The normalized spacial score (nSPS) is 12.8. The van der Waals surface area contributed by atoms with Gasteiger partial charge in [-0.25, -0.2) is 0 Å². The summed E-state index contributed by atoms with van der Waals surface area (Å²) in [4.78, 5) is 16.2. The van der Waals surface area contributed by atoms with Gasteiger partial charge < -0.3 is 20.3 Å². The Morgan fingerprint density at radius 1 is 1.41 bits per heavy atom. The number of ether oxygens (including phenoxy) is 1. The van der Waals surface area contributed by atoms with Crippen LogP contribution in [-0.4, -0.2) is 28.7 Å². The number of carbonyl (C=O) groups is 1. The van der Waals surface area contributed by atoms with Crippen LogP contribution in [0, 0.1) is 0 Å². The lowest BCUT2D eigenvalue weighted by molar-refractivity contribution is -0.126. The third-order valence-corrected chi connectivity index (χ3v) is 3.09. The molecule has 1 aromatic heterocycles. The van der Waals surface area contributed by atoms with Crippen LogP contribution in [-0.2, 0) is 4.79 Å². The van der Waals surface area contributed by atoms with Crippen molar-refractivity contribution in [2.75, 3.05) is 7.11 Å². The fourth-order valence-electron chi connectivity index (χ4n) is 1.79. The maximum absolute atomic E-state index is 11.9. The van der Waals surface area contributed by atoms with Crippen molar-refractivity contribution in [3.05, 3.63) is 30.2 Å². The third-order valence-electron chi connectivity index (χ3n) is 3.09. The average Bonchev–Trinajstić information content (AvgIpc) is 2.95. The number of amides is 1. The average molecular weight is 304 g/mol. The summed E-state index contributed by atoms with van der Waals surface area (Å²) < 4.78 is 10.5. The lowest BCUT2D eigenvalue weighted by Crippen LogP contribution is -2.49. The smallest absolute Gasteiger partial charge is 0.249 e. The molecule has 1 aromatic carbocycles. The number of para-hydroxylation sites is 1. The minimum Gasteiger partial charge on any atom is -0.496 e. The van der Waals surface area contributed by atoms with Crippen LogP contribution in [0.5, 0.6) is 5.75 Å². The molecule has 1 unspecified atom stereocenters. The Labute approximate surface area is 128 Å². The van der Waals surface area contributed by atoms with E-state index in [9.17, 15) is 4.79 Å². The van der Waals surface area contributed by atoms with Crippen molar-refractivity contribution in [3.63, 3.8) is 0 Å². The highest BCUT2D eigenvalue weighted by Gasteiger charge is 2.26. The van der Waals surface area contributed by atoms with E-state index in [4.69, 9.17) is 15.0 Å². The molecule has 118 valence electrons. The molecule has 22 heavy (non-hydrogen) atoms. The van der Waals surface area contributed by atoms with Gasteiger partial charge >= 0.3 is 0 Å². The molecule has 1 amide bonds. The molecule has 3 N–H and O–H groups in total. The summed E-state index contributed by atoms with van der Waals surface area (Å²) >= 11 is 0. The van der Waals surface area contributed by atoms with E-state index in [-0.39, 0.29) is 5.91 Å². The first kappa shape index (κ1) is 16.0. The highest BCUT2D eigenvalue weighted by molar-refractivity contribution is 5.85. The number of nitrogens with zero attached hydrogens (tertiary/aromatic N) is 2. The predicted octanol–water partition coefficient (Wildman–Crippen LogP) is 1.66. The summed E-state index contributed by atoms with van der Waals surface area (Å²) in [7, 11) is 1.58. The first-order chi connectivity index (χ1) is 10.3. The van der Waals surface area contributed by atoms with Gasteiger partial charge in [-0.2, -0.15) is 4.98 Å². The van der Waals surface area contributed by atoms with Gasteiger partial charge in [-0.05, 0) is 32.9 Å². The predicted molar refractivity (Wildman–Crippen MR) is 81.1 cm³/mol. The molecule has 0 radical (unpaired) electrons. The Hall–Kier alpha value is -2.41. The highest BCUT2D eigenvalue weighted by Crippen LogP contribution is 2.27. The van der Waals surface area contributed by atoms with Gasteiger partial charge in [0.25, 0.3) is 0 Å². The van der Waals surface area contributed by atoms with Crippen molar-refractivity contribution in [1.29, 1.82) is 0 Å². The zero-order valence-corrected chi connectivity index (χ0v) is 13.1. The highest BCUT2D eigenvalue weighted by atomic mass is 16.5. The maximum atomic E-state index is 11.9. The van der Waals surface area contributed by atoms with Crippen LogP contribution in [0.3, 0.4) is 0 Å².